The number of fused-ring (bicyclic) bond motifs is 2. The van der Waals surface area contributed by atoms with Crippen LogP contribution in [0.4, 0.5) is 10.2 Å². The van der Waals surface area contributed by atoms with Gasteiger partial charge in [0.05, 0.1) is 22.8 Å². The van der Waals surface area contributed by atoms with Gasteiger partial charge in [-0.3, -0.25) is 9.69 Å². The second kappa shape index (κ2) is 8.55. The maximum atomic E-state index is 15.4. The Kier molecular flexibility index (Phi) is 5.22. The van der Waals surface area contributed by atoms with Gasteiger partial charge in [0.2, 0.25) is 0 Å². The van der Waals surface area contributed by atoms with Gasteiger partial charge in [-0.15, -0.1) is 5.10 Å². The third-order valence-corrected chi connectivity index (χ3v) is 6.49. The molecule has 1 fully saturated rings. The number of hydrogen-bond acceptors (Lipinski definition) is 6. The van der Waals surface area contributed by atoms with Crippen LogP contribution in [0.3, 0.4) is 0 Å². The minimum Gasteiger partial charge on any atom is -0.350 e. The Bertz CT molecular complexity index is 1550. The second-order valence-electron chi connectivity index (χ2n) is 8.71. The Morgan fingerprint density at radius 1 is 1.20 bits per heavy atom. The van der Waals surface area contributed by atoms with E-state index in [4.69, 9.17) is 0 Å². The van der Waals surface area contributed by atoms with Gasteiger partial charge in [-0.1, -0.05) is 5.21 Å². The highest BCUT2D eigenvalue weighted by Gasteiger charge is 2.30. The fourth-order valence-corrected chi connectivity index (χ4v) is 4.67. The third kappa shape index (κ3) is 3.71. The Hall–Kier alpha value is -4.18. The SMILES string of the molecule is Cn1ccc2cnc(N(C(=O)c3ccc(-n4nnc5cccnc54)cc3F)[C@@H]3CCCNC3)cc21. The van der Waals surface area contributed by atoms with Crippen LogP contribution in [0, 0.1) is 5.82 Å². The Balaban J connectivity index is 1.40. The van der Waals surface area contributed by atoms with E-state index in [1.165, 1.54) is 16.8 Å². The van der Waals surface area contributed by atoms with Crippen molar-refractivity contribution in [1.29, 1.82) is 0 Å². The average Bonchev–Trinajstić information content (AvgIpc) is 3.48. The summed E-state index contributed by atoms with van der Waals surface area (Å²) in [5.74, 6) is -0.556. The van der Waals surface area contributed by atoms with E-state index in [0.717, 1.165) is 30.3 Å². The van der Waals surface area contributed by atoms with Crippen molar-refractivity contribution in [3.63, 3.8) is 0 Å². The first kappa shape index (κ1) is 21.4. The van der Waals surface area contributed by atoms with E-state index in [1.807, 2.05) is 29.9 Å². The minimum atomic E-state index is -0.638. The molecule has 1 aliphatic rings. The van der Waals surface area contributed by atoms with Gasteiger partial charge in [-0.05, 0) is 49.7 Å². The standard InChI is InChI=1S/C25H23FN8O/c1-32-11-8-16-14-29-23(13-22(16)32)33(18-4-2-9-27-15-18)25(35)19-7-6-17(12-20(19)26)34-24-21(30-31-34)5-3-10-28-24/h3,5-8,10-14,18,27H,2,4,9,15H2,1H3/t18-/m1/s1. The Morgan fingerprint density at radius 3 is 2.94 bits per heavy atom. The Morgan fingerprint density at radius 2 is 2.11 bits per heavy atom. The molecule has 1 amide bonds. The number of amides is 1. The minimum absolute atomic E-state index is 0.0227. The third-order valence-electron chi connectivity index (χ3n) is 6.49. The van der Waals surface area contributed by atoms with Crippen LogP contribution in [0.2, 0.25) is 0 Å². The number of aromatic nitrogens is 6. The normalized spacial score (nSPS) is 16.1. The number of halogens is 1. The Labute approximate surface area is 200 Å². The molecule has 0 aliphatic carbocycles. The van der Waals surface area contributed by atoms with Crippen LogP contribution < -0.4 is 10.2 Å². The van der Waals surface area contributed by atoms with Gasteiger partial charge in [0.15, 0.2) is 5.65 Å². The van der Waals surface area contributed by atoms with Crippen molar-refractivity contribution in [3.05, 3.63) is 72.4 Å². The number of carbonyl (C=O) groups excluding carboxylic acids is 1. The molecule has 1 aromatic carbocycles. The molecule has 10 heteroatoms. The average molecular weight is 471 g/mol. The van der Waals surface area contributed by atoms with Gasteiger partial charge in [0.1, 0.15) is 17.2 Å². The molecule has 0 spiro atoms. The summed E-state index contributed by atoms with van der Waals surface area (Å²) in [6, 6.07) is 11.7. The fourth-order valence-electron chi connectivity index (χ4n) is 4.67. The molecule has 35 heavy (non-hydrogen) atoms. The van der Waals surface area contributed by atoms with Crippen LogP contribution in [-0.4, -0.2) is 54.6 Å². The molecule has 0 bridgehead atoms. The highest BCUT2D eigenvalue weighted by atomic mass is 19.1. The van der Waals surface area contributed by atoms with Crippen molar-refractivity contribution in [3.8, 4) is 5.69 Å². The molecule has 4 aromatic heterocycles. The lowest BCUT2D eigenvalue weighted by atomic mass is 10.0. The lowest BCUT2D eigenvalue weighted by molar-refractivity contribution is 0.0967. The molecule has 1 saturated heterocycles. The number of anilines is 1. The second-order valence-corrected chi connectivity index (χ2v) is 8.71. The molecule has 0 radical (unpaired) electrons. The van der Waals surface area contributed by atoms with Gasteiger partial charge in [-0.2, -0.15) is 4.68 Å². The van der Waals surface area contributed by atoms with E-state index in [-0.39, 0.29) is 11.6 Å². The molecule has 5 heterocycles. The molecule has 0 saturated carbocycles. The number of carbonyl (C=O) groups is 1. The van der Waals surface area contributed by atoms with E-state index in [2.05, 4.69) is 25.6 Å². The first-order valence-electron chi connectivity index (χ1n) is 11.5. The predicted molar refractivity (Wildman–Crippen MR) is 130 cm³/mol. The number of benzene rings is 1. The highest BCUT2D eigenvalue weighted by Crippen LogP contribution is 2.27. The number of nitrogens with one attached hydrogen (secondary N) is 1. The summed E-state index contributed by atoms with van der Waals surface area (Å²) in [6.45, 7) is 1.51. The van der Waals surface area contributed by atoms with Gasteiger partial charge in [-0.25, -0.2) is 14.4 Å². The van der Waals surface area contributed by atoms with E-state index in [1.54, 1.807) is 35.5 Å². The molecular weight excluding hydrogens is 447 g/mol. The number of nitrogens with zero attached hydrogens (tertiary/aromatic N) is 7. The summed E-state index contributed by atoms with van der Waals surface area (Å²) in [6.07, 6.45) is 7.06. The zero-order valence-corrected chi connectivity index (χ0v) is 19.1. The largest absolute Gasteiger partial charge is 0.350 e. The van der Waals surface area contributed by atoms with Crippen molar-refractivity contribution in [2.75, 3.05) is 18.0 Å². The number of rotatable bonds is 4. The lowest BCUT2D eigenvalue weighted by Crippen LogP contribution is -2.49. The van der Waals surface area contributed by atoms with Crippen LogP contribution in [-0.2, 0) is 7.05 Å². The molecule has 176 valence electrons. The number of pyridine rings is 2. The van der Waals surface area contributed by atoms with Gasteiger partial charge >= 0.3 is 0 Å². The highest BCUT2D eigenvalue weighted by molar-refractivity contribution is 6.07. The summed E-state index contributed by atoms with van der Waals surface area (Å²) in [7, 11) is 1.95. The van der Waals surface area contributed by atoms with Crippen molar-refractivity contribution < 1.29 is 9.18 Å². The molecular formula is C25H23FN8O. The summed E-state index contributed by atoms with van der Waals surface area (Å²) < 4.78 is 18.9. The van der Waals surface area contributed by atoms with Gasteiger partial charge in [0.25, 0.3) is 5.91 Å². The van der Waals surface area contributed by atoms with Crippen molar-refractivity contribution >= 4 is 33.8 Å². The van der Waals surface area contributed by atoms with Gasteiger partial charge < -0.3 is 9.88 Å². The van der Waals surface area contributed by atoms with E-state index in [9.17, 15) is 4.79 Å². The maximum absolute atomic E-state index is 15.4. The lowest BCUT2D eigenvalue weighted by Gasteiger charge is -2.34. The van der Waals surface area contributed by atoms with Crippen LogP contribution in [0.25, 0.3) is 27.8 Å². The molecule has 0 unspecified atom stereocenters. The monoisotopic (exact) mass is 470 g/mol. The fraction of sp³-hybridized carbons (Fsp3) is 0.240. The number of hydrogen-bond donors (Lipinski definition) is 1. The maximum Gasteiger partial charge on any atom is 0.262 e. The molecule has 1 aliphatic heterocycles. The topological polar surface area (TPSA) is 93.8 Å². The van der Waals surface area contributed by atoms with E-state index >= 15 is 4.39 Å². The summed E-state index contributed by atoms with van der Waals surface area (Å²) >= 11 is 0. The van der Waals surface area contributed by atoms with Crippen molar-refractivity contribution in [2.45, 2.75) is 18.9 Å². The molecule has 1 atom stereocenters. The van der Waals surface area contributed by atoms with E-state index in [0.29, 0.717) is 29.2 Å². The van der Waals surface area contributed by atoms with Crippen LogP contribution in [0.5, 0.6) is 0 Å². The predicted octanol–water partition coefficient (Wildman–Crippen LogP) is 3.24. The molecule has 6 rings (SSSR count). The number of aryl methyl sites for hydroxylation is 1. The molecule has 5 aromatic rings. The van der Waals surface area contributed by atoms with Gasteiger partial charge in [0, 0.05) is 49.7 Å². The summed E-state index contributed by atoms with van der Waals surface area (Å²) in [5.41, 5.74) is 2.49. The summed E-state index contributed by atoms with van der Waals surface area (Å²) in [5, 5.41) is 12.5. The zero-order chi connectivity index (χ0) is 23.9. The zero-order valence-electron chi connectivity index (χ0n) is 19.1. The van der Waals surface area contributed by atoms with Crippen molar-refractivity contribution in [2.24, 2.45) is 7.05 Å². The van der Waals surface area contributed by atoms with Crippen molar-refractivity contribution in [1.82, 2.24) is 34.8 Å². The quantitative estimate of drug-likeness (QED) is 0.434. The number of piperidine rings is 1. The van der Waals surface area contributed by atoms with Crippen LogP contribution in [0.15, 0.2) is 61.1 Å². The first-order valence-corrected chi connectivity index (χ1v) is 11.5. The van der Waals surface area contributed by atoms with Crippen LogP contribution in [0.1, 0.15) is 23.2 Å². The first-order chi connectivity index (χ1) is 17.1. The van der Waals surface area contributed by atoms with E-state index < -0.39 is 11.7 Å². The molecule has 1 N–H and O–H groups in total. The smallest absolute Gasteiger partial charge is 0.262 e. The summed E-state index contributed by atoms with van der Waals surface area (Å²) in [4.78, 5) is 24.3. The van der Waals surface area contributed by atoms with Crippen LogP contribution >= 0.6 is 0 Å². The molecule has 9 nitrogen and oxygen atoms in total.